The maximum absolute atomic E-state index is 12.9. The van der Waals surface area contributed by atoms with Crippen LogP contribution < -0.4 is 9.47 Å². The second-order valence-corrected chi connectivity index (χ2v) is 2.43. The van der Waals surface area contributed by atoms with E-state index in [4.69, 9.17) is 9.47 Å². The van der Waals surface area contributed by atoms with Gasteiger partial charge in [-0.05, 0) is 18.6 Å². The number of fused-ring (bicyclic) bond motifs is 1. The first-order valence-corrected chi connectivity index (χ1v) is 3.34. The molecule has 0 saturated carbocycles. The van der Waals surface area contributed by atoms with Gasteiger partial charge in [-0.3, -0.25) is 0 Å². The molecule has 1 aromatic rings. The number of halogens is 1. The highest BCUT2D eigenvalue weighted by molar-refractivity contribution is 5.48. The Balaban J connectivity index is 2.64. The molecule has 2 nitrogen and oxygen atoms in total. The summed E-state index contributed by atoms with van der Waals surface area (Å²) in [5.74, 6) is 0.415. The van der Waals surface area contributed by atoms with E-state index in [2.05, 4.69) is 0 Å². The molecule has 1 aliphatic rings. The van der Waals surface area contributed by atoms with E-state index in [0.717, 1.165) is 5.56 Å². The summed E-state index contributed by atoms with van der Waals surface area (Å²) < 4.78 is 22.8. The average Bonchev–Trinajstić information content (AvgIpc) is 2.45. The van der Waals surface area contributed by atoms with E-state index in [1.807, 2.05) is 6.92 Å². The van der Waals surface area contributed by atoms with Crippen molar-refractivity contribution in [2.75, 3.05) is 6.79 Å². The molecule has 0 unspecified atom stereocenters. The number of aryl methyl sites for hydroxylation is 1. The Hall–Kier alpha value is -1.25. The van der Waals surface area contributed by atoms with Gasteiger partial charge in [0.2, 0.25) is 12.5 Å². The average molecular weight is 154 g/mol. The van der Waals surface area contributed by atoms with Gasteiger partial charge in [-0.2, -0.15) is 0 Å². The lowest BCUT2D eigenvalue weighted by Crippen LogP contribution is -1.93. The van der Waals surface area contributed by atoms with Crippen LogP contribution in [0.15, 0.2) is 12.1 Å². The number of hydrogen-bond donors (Lipinski definition) is 0. The Bertz CT molecular complexity index is 267. The van der Waals surface area contributed by atoms with Crippen molar-refractivity contribution in [2.24, 2.45) is 0 Å². The van der Waals surface area contributed by atoms with E-state index in [1.165, 1.54) is 6.07 Å². The molecule has 1 aromatic carbocycles. The van der Waals surface area contributed by atoms with Gasteiger partial charge in [0.15, 0.2) is 11.6 Å². The highest BCUT2D eigenvalue weighted by Gasteiger charge is 2.19. The Labute approximate surface area is 63.5 Å². The topological polar surface area (TPSA) is 18.5 Å². The smallest absolute Gasteiger partial charge is 0.231 e. The van der Waals surface area contributed by atoms with E-state index in [0.29, 0.717) is 5.75 Å². The van der Waals surface area contributed by atoms with Crippen LogP contribution in [0.25, 0.3) is 0 Å². The van der Waals surface area contributed by atoms with Crippen LogP contribution >= 0.6 is 0 Å². The summed E-state index contributed by atoms with van der Waals surface area (Å²) >= 11 is 0. The van der Waals surface area contributed by atoms with Crippen LogP contribution in [-0.2, 0) is 0 Å². The minimum Gasteiger partial charge on any atom is -0.453 e. The van der Waals surface area contributed by atoms with Crippen molar-refractivity contribution in [2.45, 2.75) is 6.92 Å². The standard InChI is InChI=1S/C8H7FO2/c1-5-2-3-6(9)8-7(5)10-4-11-8/h2-3H,4H2,1H3. The lowest BCUT2D eigenvalue weighted by Gasteiger charge is -1.99. The molecule has 0 aliphatic carbocycles. The van der Waals surface area contributed by atoms with E-state index in [1.54, 1.807) is 6.07 Å². The van der Waals surface area contributed by atoms with Gasteiger partial charge < -0.3 is 9.47 Å². The minimum absolute atomic E-state index is 0.122. The second-order valence-electron chi connectivity index (χ2n) is 2.43. The van der Waals surface area contributed by atoms with E-state index in [9.17, 15) is 4.39 Å². The summed E-state index contributed by atoms with van der Waals surface area (Å²) in [4.78, 5) is 0. The van der Waals surface area contributed by atoms with Crippen molar-refractivity contribution in [1.29, 1.82) is 0 Å². The lowest BCUT2D eigenvalue weighted by molar-refractivity contribution is 0.170. The Morgan fingerprint density at radius 3 is 2.73 bits per heavy atom. The Morgan fingerprint density at radius 2 is 2.00 bits per heavy atom. The largest absolute Gasteiger partial charge is 0.453 e. The second kappa shape index (κ2) is 2.12. The molecule has 0 aromatic heterocycles. The highest BCUT2D eigenvalue weighted by atomic mass is 19.1. The zero-order valence-corrected chi connectivity index (χ0v) is 6.06. The summed E-state index contributed by atoms with van der Waals surface area (Å²) in [5, 5.41) is 0. The fraction of sp³-hybridized carbons (Fsp3) is 0.250. The summed E-state index contributed by atoms with van der Waals surface area (Å²) in [6, 6.07) is 3.05. The quantitative estimate of drug-likeness (QED) is 0.567. The Morgan fingerprint density at radius 1 is 1.27 bits per heavy atom. The first-order valence-electron chi connectivity index (χ1n) is 3.34. The first-order chi connectivity index (χ1) is 5.29. The summed E-state index contributed by atoms with van der Waals surface area (Å²) in [5.41, 5.74) is 0.902. The normalized spacial score (nSPS) is 13.6. The molecule has 0 amide bonds. The molecule has 0 radical (unpaired) electrons. The van der Waals surface area contributed by atoms with E-state index in [-0.39, 0.29) is 18.4 Å². The van der Waals surface area contributed by atoms with Crippen LogP contribution in [0.3, 0.4) is 0 Å². The van der Waals surface area contributed by atoms with Crippen molar-refractivity contribution in [3.8, 4) is 11.5 Å². The third kappa shape index (κ3) is 0.843. The van der Waals surface area contributed by atoms with Gasteiger partial charge in [0, 0.05) is 0 Å². The van der Waals surface area contributed by atoms with Crippen LogP contribution in [0, 0.1) is 12.7 Å². The molecule has 0 bridgehead atoms. The Kier molecular flexibility index (Phi) is 1.24. The van der Waals surface area contributed by atoms with Gasteiger partial charge in [0.1, 0.15) is 0 Å². The number of rotatable bonds is 0. The maximum Gasteiger partial charge on any atom is 0.231 e. The molecule has 11 heavy (non-hydrogen) atoms. The van der Waals surface area contributed by atoms with Gasteiger partial charge >= 0.3 is 0 Å². The fourth-order valence-corrected chi connectivity index (χ4v) is 1.10. The molecule has 2 rings (SSSR count). The SMILES string of the molecule is Cc1ccc(F)c2c1OCO2. The minimum atomic E-state index is -0.358. The van der Waals surface area contributed by atoms with Crippen molar-refractivity contribution < 1.29 is 13.9 Å². The lowest BCUT2D eigenvalue weighted by atomic mass is 10.2. The maximum atomic E-state index is 12.9. The van der Waals surface area contributed by atoms with Crippen molar-refractivity contribution in [1.82, 2.24) is 0 Å². The molecule has 1 aliphatic heterocycles. The van der Waals surface area contributed by atoms with Crippen LogP contribution in [0.4, 0.5) is 4.39 Å². The van der Waals surface area contributed by atoms with Crippen LogP contribution in [-0.4, -0.2) is 6.79 Å². The van der Waals surface area contributed by atoms with Crippen LogP contribution in [0.2, 0.25) is 0 Å². The number of ether oxygens (including phenoxy) is 2. The zero-order valence-electron chi connectivity index (χ0n) is 6.06. The predicted octanol–water partition coefficient (Wildman–Crippen LogP) is 1.86. The molecule has 0 fully saturated rings. The van der Waals surface area contributed by atoms with Crippen molar-refractivity contribution >= 4 is 0 Å². The van der Waals surface area contributed by atoms with Crippen molar-refractivity contribution in [3.63, 3.8) is 0 Å². The van der Waals surface area contributed by atoms with Crippen LogP contribution in [0.1, 0.15) is 5.56 Å². The van der Waals surface area contributed by atoms with Crippen molar-refractivity contribution in [3.05, 3.63) is 23.5 Å². The van der Waals surface area contributed by atoms with E-state index >= 15 is 0 Å². The third-order valence-corrected chi connectivity index (χ3v) is 1.67. The number of benzene rings is 1. The molecule has 0 saturated heterocycles. The monoisotopic (exact) mass is 154 g/mol. The fourth-order valence-electron chi connectivity index (χ4n) is 1.10. The van der Waals surface area contributed by atoms with Gasteiger partial charge in [0.05, 0.1) is 0 Å². The number of hydrogen-bond acceptors (Lipinski definition) is 2. The summed E-state index contributed by atoms with van der Waals surface area (Å²) in [6.07, 6.45) is 0. The molecular formula is C8H7FO2. The molecule has 0 atom stereocenters. The van der Waals surface area contributed by atoms with Gasteiger partial charge in [0.25, 0.3) is 0 Å². The molecule has 3 heteroatoms. The molecular weight excluding hydrogens is 147 g/mol. The van der Waals surface area contributed by atoms with Gasteiger partial charge in [-0.25, -0.2) is 4.39 Å². The first kappa shape index (κ1) is 6.46. The summed E-state index contributed by atoms with van der Waals surface area (Å²) in [7, 11) is 0. The zero-order chi connectivity index (χ0) is 7.84. The molecule has 58 valence electrons. The predicted molar refractivity (Wildman–Crippen MR) is 37.3 cm³/mol. The molecule has 0 N–H and O–H groups in total. The van der Waals surface area contributed by atoms with E-state index < -0.39 is 0 Å². The van der Waals surface area contributed by atoms with Gasteiger partial charge in [-0.15, -0.1) is 0 Å². The summed E-state index contributed by atoms with van der Waals surface area (Å²) in [6.45, 7) is 1.98. The highest BCUT2D eigenvalue weighted by Crippen LogP contribution is 2.37. The third-order valence-electron chi connectivity index (χ3n) is 1.67. The molecule has 0 spiro atoms. The molecule has 1 heterocycles. The van der Waals surface area contributed by atoms with Gasteiger partial charge in [-0.1, -0.05) is 6.07 Å². The van der Waals surface area contributed by atoms with Crippen LogP contribution in [0.5, 0.6) is 11.5 Å².